The summed E-state index contributed by atoms with van der Waals surface area (Å²) in [6.07, 6.45) is -2.38. The molecule has 0 bridgehead atoms. The van der Waals surface area contributed by atoms with Gasteiger partial charge >= 0.3 is 6.18 Å². The number of rotatable bonds is 1. The van der Waals surface area contributed by atoms with E-state index in [2.05, 4.69) is 5.87 Å². The van der Waals surface area contributed by atoms with E-state index in [1.54, 1.807) is 0 Å². The van der Waals surface area contributed by atoms with Gasteiger partial charge < -0.3 is 0 Å². The maximum absolute atomic E-state index is 12.1. The smallest absolute Gasteiger partial charge is 0.166 e. The van der Waals surface area contributed by atoms with Crippen molar-refractivity contribution in [1.29, 1.82) is 0 Å². The highest BCUT2D eigenvalue weighted by Crippen LogP contribution is 2.31. The lowest BCUT2D eigenvalue weighted by Gasteiger charge is -2.07. The van der Waals surface area contributed by atoms with Crippen LogP contribution in [0.25, 0.3) is 0 Å². The molecule has 0 saturated heterocycles. The Hall–Kier alpha value is -0.770. The third-order valence-corrected chi connectivity index (χ3v) is 2.66. The molecule has 0 radical (unpaired) electrons. The van der Waals surface area contributed by atoms with Crippen LogP contribution in [0.3, 0.4) is 0 Å². The van der Waals surface area contributed by atoms with Crippen LogP contribution in [-0.2, 0) is 6.18 Å². The largest absolute Gasteiger partial charge is 0.416 e. The molecule has 0 saturated carbocycles. The number of hydrogen-bond donors (Lipinski definition) is 0. The molecule has 0 aromatic heterocycles. The van der Waals surface area contributed by atoms with E-state index in [9.17, 15) is 13.2 Å². The van der Waals surface area contributed by atoms with Gasteiger partial charge in [-0.15, -0.1) is 0 Å². The van der Waals surface area contributed by atoms with Crippen LogP contribution < -0.4 is 0 Å². The van der Waals surface area contributed by atoms with E-state index in [1.807, 2.05) is 34.0 Å². The Balaban J connectivity index is 0. The highest BCUT2D eigenvalue weighted by Gasteiger charge is 2.29. The zero-order valence-electron chi connectivity index (χ0n) is 11.1. The maximum atomic E-state index is 12.1. The van der Waals surface area contributed by atoms with Gasteiger partial charge in [0.05, 0.1) is 5.56 Å². The first-order valence-electron chi connectivity index (χ1n) is 5.54. The summed E-state index contributed by atoms with van der Waals surface area (Å²) in [5.74, 6) is 3.75. The van der Waals surface area contributed by atoms with Crippen LogP contribution in [0.2, 0.25) is 0 Å². The fourth-order valence-electron chi connectivity index (χ4n) is 0.876. The Bertz CT molecular complexity index is 312. The van der Waals surface area contributed by atoms with Crippen molar-refractivity contribution in [3.8, 4) is 0 Å². The Morgan fingerprint density at radius 3 is 1.53 bits per heavy atom. The summed E-state index contributed by atoms with van der Waals surface area (Å²) in [4.78, 5) is 0.841. The van der Waals surface area contributed by atoms with Gasteiger partial charge in [-0.25, -0.2) is 0 Å². The molecule has 0 amide bonds. The summed E-state index contributed by atoms with van der Waals surface area (Å²) < 4.78 is 36.3. The SMILES string of the molecule is C=S(C)c1ccc(C(F)(F)F)cc1.CC.CC. The fourth-order valence-corrected chi connectivity index (χ4v) is 1.48. The molecule has 1 aromatic rings. The van der Waals surface area contributed by atoms with Crippen LogP contribution in [0, 0.1) is 0 Å². The van der Waals surface area contributed by atoms with E-state index in [1.165, 1.54) is 12.1 Å². The lowest BCUT2D eigenvalue weighted by Crippen LogP contribution is -2.03. The van der Waals surface area contributed by atoms with Crippen molar-refractivity contribution in [2.75, 3.05) is 6.26 Å². The van der Waals surface area contributed by atoms with Gasteiger partial charge in [0, 0.05) is 4.90 Å². The summed E-state index contributed by atoms with van der Waals surface area (Å²) in [6.45, 7) is 8.00. The molecule has 1 atom stereocenters. The molecule has 1 aromatic carbocycles. The summed E-state index contributed by atoms with van der Waals surface area (Å²) in [5.41, 5.74) is -0.610. The van der Waals surface area contributed by atoms with E-state index in [-0.39, 0.29) is 10.5 Å². The van der Waals surface area contributed by atoms with Gasteiger partial charge in [0.25, 0.3) is 0 Å². The van der Waals surface area contributed by atoms with Crippen molar-refractivity contribution in [2.45, 2.75) is 38.8 Å². The molecule has 0 aliphatic carbocycles. The average Bonchev–Trinajstić information content (AvgIpc) is 2.33. The van der Waals surface area contributed by atoms with Crippen LogP contribution in [0.15, 0.2) is 29.2 Å². The monoisotopic (exact) mass is 266 g/mol. The topological polar surface area (TPSA) is 0 Å². The second-order valence-electron chi connectivity index (χ2n) is 2.66. The predicted octanol–water partition coefficient (Wildman–Crippen LogP) is 5.45. The molecule has 0 fully saturated rings. The molecule has 0 nitrogen and oxygen atoms in total. The van der Waals surface area contributed by atoms with Crippen molar-refractivity contribution in [1.82, 2.24) is 0 Å². The molecule has 4 heteroatoms. The van der Waals surface area contributed by atoms with E-state index in [0.717, 1.165) is 17.0 Å². The minimum Gasteiger partial charge on any atom is -0.166 e. The van der Waals surface area contributed by atoms with E-state index in [4.69, 9.17) is 0 Å². The number of halogens is 3. The van der Waals surface area contributed by atoms with Crippen molar-refractivity contribution in [2.24, 2.45) is 0 Å². The van der Waals surface area contributed by atoms with Crippen LogP contribution in [0.5, 0.6) is 0 Å². The molecule has 1 rings (SSSR count). The number of benzene rings is 1. The van der Waals surface area contributed by atoms with Crippen molar-refractivity contribution in [3.05, 3.63) is 29.8 Å². The van der Waals surface area contributed by atoms with Gasteiger partial charge in [0.1, 0.15) is 0 Å². The molecular formula is C13H21F3S. The van der Waals surface area contributed by atoms with Crippen LogP contribution in [0.1, 0.15) is 33.3 Å². The molecule has 100 valence electrons. The predicted molar refractivity (Wildman–Crippen MR) is 73.0 cm³/mol. The van der Waals surface area contributed by atoms with Crippen molar-refractivity contribution < 1.29 is 13.2 Å². The summed E-state index contributed by atoms with van der Waals surface area (Å²) in [7, 11) is -0.231. The fraction of sp³-hybridized carbons (Fsp3) is 0.462. The van der Waals surface area contributed by atoms with Crippen molar-refractivity contribution in [3.63, 3.8) is 0 Å². The van der Waals surface area contributed by atoms with E-state index in [0.29, 0.717) is 0 Å². The minimum absolute atomic E-state index is 0.231. The first-order valence-corrected chi connectivity index (χ1v) is 7.34. The zero-order valence-corrected chi connectivity index (χ0v) is 11.9. The Morgan fingerprint density at radius 2 is 1.29 bits per heavy atom. The van der Waals surface area contributed by atoms with E-state index >= 15 is 0 Å². The molecule has 1 unspecified atom stereocenters. The highest BCUT2D eigenvalue weighted by atomic mass is 32.2. The average molecular weight is 266 g/mol. The first-order chi connectivity index (χ1) is 7.91. The quantitative estimate of drug-likeness (QED) is 0.593. The molecule has 0 heterocycles. The van der Waals surface area contributed by atoms with Gasteiger partial charge in [-0.3, -0.25) is 0 Å². The molecule has 0 aliphatic heterocycles. The zero-order chi connectivity index (χ0) is 14.1. The molecule has 0 aliphatic rings. The van der Waals surface area contributed by atoms with Crippen LogP contribution in [0.4, 0.5) is 13.2 Å². The van der Waals surface area contributed by atoms with Gasteiger partial charge in [-0.1, -0.05) is 33.6 Å². The van der Waals surface area contributed by atoms with Crippen LogP contribution >= 0.6 is 10.5 Å². The Labute approximate surface area is 105 Å². The van der Waals surface area contributed by atoms with Gasteiger partial charge in [0.2, 0.25) is 0 Å². The molecule has 17 heavy (non-hydrogen) atoms. The van der Waals surface area contributed by atoms with Crippen LogP contribution in [-0.4, -0.2) is 12.1 Å². The highest BCUT2D eigenvalue weighted by molar-refractivity contribution is 8.13. The van der Waals surface area contributed by atoms with Gasteiger partial charge in [0.15, 0.2) is 0 Å². The summed E-state index contributed by atoms with van der Waals surface area (Å²) >= 11 is 0. The standard InChI is InChI=1S/C9H9F3S.2C2H6/c1-13(2)8-5-3-7(4-6-8)9(10,11)12;2*1-2/h3-6H,1H2,2H3;2*1-2H3. The van der Waals surface area contributed by atoms with Crippen molar-refractivity contribution >= 4 is 16.4 Å². The summed E-state index contributed by atoms with van der Waals surface area (Å²) in [5, 5.41) is 0. The number of hydrogen-bond acceptors (Lipinski definition) is 0. The molecular weight excluding hydrogens is 245 g/mol. The lowest BCUT2D eigenvalue weighted by atomic mass is 10.2. The minimum atomic E-state index is -4.24. The summed E-state index contributed by atoms with van der Waals surface area (Å²) in [6, 6.07) is 5.12. The third kappa shape index (κ3) is 7.21. The van der Waals surface area contributed by atoms with Gasteiger partial charge in [-0.2, -0.15) is 23.7 Å². The second-order valence-corrected chi connectivity index (χ2v) is 4.40. The maximum Gasteiger partial charge on any atom is 0.416 e. The molecule has 0 spiro atoms. The Kier molecular flexibility index (Phi) is 10.1. The second kappa shape index (κ2) is 9.28. The Morgan fingerprint density at radius 1 is 0.941 bits per heavy atom. The van der Waals surface area contributed by atoms with Gasteiger partial charge in [-0.05, 0) is 30.5 Å². The third-order valence-electron chi connectivity index (χ3n) is 1.58. The normalized spacial score (nSPS) is 11.5. The number of alkyl halides is 3. The first kappa shape index (κ1) is 18.6. The lowest BCUT2D eigenvalue weighted by molar-refractivity contribution is -0.137. The molecule has 0 N–H and O–H groups in total. The van der Waals surface area contributed by atoms with E-state index < -0.39 is 11.7 Å².